The molecule has 2 N–H and O–H groups in total. The number of benzene rings is 1. The Bertz CT molecular complexity index is 582. The van der Waals surface area contributed by atoms with Crippen LogP contribution in [-0.4, -0.2) is 16.0 Å². The molecule has 0 bridgehead atoms. The van der Waals surface area contributed by atoms with Crippen LogP contribution in [0.2, 0.25) is 0 Å². The van der Waals surface area contributed by atoms with Crippen molar-refractivity contribution in [3.8, 4) is 0 Å². The maximum atomic E-state index is 12.0. The number of carbonyl (C=O) groups excluding carboxylic acids is 1. The largest absolute Gasteiger partial charge is 0.390 e. The number of pyridine rings is 1. The van der Waals surface area contributed by atoms with Gasteiger partial charge >= 0.3 is 0 Å². The number of nitrogens with one attached hydrogen (secondary N) is 1. The van der Waals surface area contributed by atoms with Crippen LogP contribution in [0.3, 0.4) is 0 Å². The molecule has 0 aliphatic carbocycles. The van der Waals surface area contributed by atoms with E-state index < -0.39 is 0 Å². The van der Waals surface area contributed by atoms with E-state index in [0.717, 1.165) is 5.56 Å². The lowest BCUT2D eigenvalue weighted by Gasteiger charge is -2.06. The van der Waals surface area contributed by atoms with Gasteiger partial charge in [-0.05, 0) is 24.6 Å². The molecular formula is C15H16N2O2. The minimum Gasteiger partial charge on any atom is -0.390 e. The van der Waals surface area contributed by atoms with E-state index in [-0.39, 0.29) is 12.5 Å². The minimum atomic E-state index is -0.168. The summed E-state index contributed by atoms with van der Waals surface area (Å²) in [5.74, 6) is -0.168. The van der Waals surface area contributed by atoms with Gasteiger partial charge in [0.2, 0.25) is 0 Å². The third kappa shape index (κ3) is 3.63. The average Bonchev–Trinajstić information content (AvgIpc) is 2.45. The van der Waals surface area contributed by atoms with Crippen LogP contribution in [0.25, 0.3) is 0 Å². The van der Waals surface area contributed by atoms with Gasteiger partial charge in [-0.2, -0.15) is 0 Å². The fourth-order valence-electron chi connectivity index (χ4n) is 1.81. The maximum absolute atomic E-state index is 12.0. The number of aliphatic hydroxyl groups is 1. The molecule has 0 saturated heterocycles. The Morgan fingerprint density at radius 3 is 2.89 bits per heavy atom. The van der Waals surface area contributed by atoms with Gasteiger partial charge in [0.05, 0.1) is 12.3 Å². The van der Waals surface area contributed by atoms with E-state index in [9.17, 15) is 4.79 Å². The molecule has 2 rings (SSSR count). The molecule has 0 aliphatic rings. The van der Waals surface area contributed by atoms with Crippen molar-refractivity contribution in [2.75, 3.05) is 0 Å². The molecule has 0 spiro atoms. The van der Waals surface area contributed by atoms with Crippen molar-refractivity contribution in [2.45, 2.75) is 20.1 Å². The van der Waals surface area contributed by atoms with Crippen LogP contribution >= 0.6 is 0 Å². The quantitative estimate of drug-likeness (QED) is 0.877. The molecular weight excluding hydrogens is 240 g/mol. The van der Waals surface area contributed by atoms with Crippen molar-refractivity contribution in [2.24, 2.45) is 0 Å². The van der Waals surface area contributed by atoms with Crippen molar-refractivity contribution in [1.29, 1.82) is 0 Å². The summed E-state index contributed by atoms with van der Waals surface area (Å²) in [6.07, 6.45) is 1.52. The number of nitrogens with zero attached hydrogens (tertiary/aromatic N) is 1. The molecule has 98 valence electrons. The van der Waals surface area contributed by atoms with E-state index >= 15 is 0 Å². The van der Waals surface area contributed by atoms with Gasteiger partial charge in [-0.3, -0.25) is 9.78 Å². The summed E-state index contributed by atoms with van der Waals surface area (Å²) < 4.78 is 0. The van der Waals surface area contributed by atoms with Gasteiger partial charge in [0.25, 0.3) is 5.91 Å². The SMILES string of the molecule is Cc1cccc(CNC(=O)c2ccnc(CO)c2)c1. The molecule has 0 atom stereocenters. The first-order valence-corrected chi connectivity index (χ1v) is 6.08. The molecule has 0 unspecified atom stereocenters. The zero-order valence-corrected chi connectivity index (χ0v) is 10.8. The summed E-state index contributed by atoms with van der Waals surface area (Å²) in [5, 5.41) is 11.8. The summed E-state index contributed by atoms with van der Waals surface area (Å²) in [7, 11) is 0. The number of rotatable bonds is 4. The first kappa shape index (κ1) is 13.2. The number of amides is 1. The van der Waals surface area contributed by atoms with Crippen LogP contribution in [0, 0.1) is 6.92 Å². The van der Waals surface area contributed by atoms with Gasteiger partial charge in [-0.1, -0.05) is 29.8 Å². The molecule has 2 aromatic rings. The average molecular weight is 256 g/mol. The van der Waals surface area contributed by atoms with Crippen LogP contribution in [0.15, 0.2) is 42.6 Å². The lowest BCUT2D eigenvalue weighted by Crippen LogP contribution is -2.23. The van der Waals surface area contributed by atoms with Crippen molar-refractivity contribution in [3.05, 3.63) is 65.0 Å². The predicted octanol–water partition coefficient (Wildman–Crippen LogP) is 1.81. The van der Waals surface area contributed by atoms with Crippen molar-refractivity contribution >= 4 is 5.91 Å². The second kappa shape index (κ2) is 6.11. The van der Waals surface area contributed by atoms with E-state index in [4.69, 9.17) is 5.11 Å². The van der Waals surface area contributed by atoms with Crippen molar-refractivity contribution < 1.29 is 9.90 Å². The second-order valence-corrected chi connectivity index (χ2v) is 4.37. The van der Waals surface area contributed by atoms with E-state index in [1.54, 1.807) is 12.1 Å². The minimum absolute atomic E-state index is 0.168. The summed E-state index contributed by atoms with van der Waals surface area (Å²) in [6.45, 7) is 2.33. The van der Waals surface area contributed by atoms with Crippen LogP contribution in [0.1, 0.15) is 27.2 Å². The number of aromatic nitrogens is 1. The summed E-state index contributed by atoms with van der Waals surface area (Å²) in [4.78, 5) is 15.9. The lowest BCUT2D eigenvalue weighted by molar-refractivity contribution is 0.0950. The first-order chi connectivity index (χ1) is 9.19. The highest BCUT2D eigenvalue weighted by atomic mass is 16.3. The zero-order valence-electron chi connectivity index (χ0n) is 10.8. The molecule has 0 aliphatic heterocycles. The Morgan fingerprint density at radius 2 is 2.16 bits per heavy atom. The number of carbonyl (C=O) groups is 1. The number of hydrogen-bond donors (Lipinski definition) is 2. The van der Waals surface area contributed by atoms with E-state index in [0.29, 0.717) is 17.8 Å². The maximum Gasteiger partial charge on any atom is 0.251 e. The Hall–Kier alpha value is -2.20. The third-order valence-corrected chi connectivity index (χ3v) is 2.78. The molecule has 1 amide bonds. The summed E-state index contributed by atoms with van der Waals surface area (Å²) >= 11 is 0. The highest BCUT2D eigenvalue weighted by molar-refractivity contribution is 5.94. The van der Waals surface area contributed by atoms with Gasteiger partial charge in [0.1, 0.15) is 0 Å². The van der Waals surface area contributed by atoms with Crippen LogP contribution < -0.4 is 5.32 Å². The summed E-state index contributed by atoms with van der Waals surface area (Å²) in [6, 6.07) is 11.2. The van der Waals surface area contributed by atoms with Crippen molar-refractivity contribution in [3.63, 3.8) is 0 Å². The monoisotopic (exact) mass is 256 g/mol. The highest BCUT2D eigenvalue weighted by Crippen LogP contribution is 2.05. The smallest absolute Gasteiger partial charge is 0.251 e. The normalized spacial score (nSPS) is 10.2. The van der Waals surface area contributed by atoms with Crippen LogP contribution in [0.5, 0.6) is 0 Å². The molecule has 0 saturated carbocycles. The second-order valence-electron chi connectivity index (χ2n) is 4.37. The topological polar surface area (TPSA) is 62.2 Å². The van der Waals surface area contributed by atoms with Gasteiger partial charge in [-0.25, -0.2) is 0 Å². The Labute approximate surface area is 112 Å². The Balaban J connectivity index is 2.01. The molecule has 0 fully saturated rings. The Kier molecular flexibility index (Phi) is 4.26. The fraction of sp³-hybridized carbons (Fsp3) is 0.200. The third-order valence-electron chi connectivity index (χ3n) is 2.78. The van der Waals surface area contributed by atoms with Gasteiger partial charge in [0.15, 0.2) is 0 Å². The molecule has 4 heteroatoms. The van der Waals surface area contributed by atoms with Gasteiger partial charge < -0.3 is 10.4 Å². The number of aliphatic hydroxyl groups excluding tert-OH is 1. The zero-order chi connectivity index (χ0) is 13.7. The molecule has 0 radical (unpaired) electrons. The van der Waals surface area contributed by atoms with Gasteiger partial charge in [0, 0.05) is 18.3 Å². The first-order valence-electron chi connectivity index (χ1n) is 6.08. The predicted molar refractivity (Wildman–Crippen MR) is 72.5 cm³/mol. The van der Waals surface area contributed by atoms with Crippen LogP contribution in [-0.2, 0) is 13.2 Å². The summed E-state index contributed by atoms with van der Waals surface area (Å²) in [5.41, 5.74) is 3.22. The van der Waals surface area contributed by atoms with Gasteiger partial charge in [-0.15, -0.1) is 0 Å². The van der Waals surface area contributed by atoms with Crippen LogP contribution in [0.4, 0.5) is 0 Å². The van der Waals surface area contributed by atoms with Crippen molar-refractivity contribution in [1.82, 2.24) is 10.3 Å². The number of hydrogen-bond acceptors (Lipinski definition) is 3. The highest BCUT2D eigenvalue weighted by Gasteiger charge is 2.06. The van der Waals surface area contributed by atoms with E-state index in [1.165, 1.54) is 11.8 Å². The molecule has 1 aromatic carbocycles. The standard InChI is InChI=1S/C15H16N2O2/c1-11-3-2-4-12(7-11)9-17-15(19)13-5-6-16-14(8-13)10-18/h2-8,18H,9-10H2,1H3,(H,17,19). The van der Waals surface area contributed by atoms with E-state index in [2.05, 4.69) is 10.3 Å². The molecule has 1 heterocycles. The number of aryl methyl sites for hydroxylation is 1. The molecule has 4 nitrogen and oxygen atoms in total. The van der Waals surface area contributed by atoms with E-state index in [1.807, 2.05) is 31.2 Å². The Morgan fingerprint density at radius 1 is 1.32 bits per heavy atom. The molecule has 1 aromatic heterocycles. The molecule has 19 heavy (non-hydrogen) atoms. The lowest BCUT2D eigenvalue weighted by atomic mass is 10.1. The fourth-order valence-corrected chi connectivity index (χ4v) is 1.81.